The van der Waals surface area contributed by atoms with Crippen LogP contribution in [-0.4, -0.2) is 12.3 Å². The van der Waals surface area contributed by atoms with Crippen LogP contribution in [0.1, 0.15) is 57.1 Å². The summed E-state index contributed by atoms with van der Waals surface area (Å²) in [5.41, 5.74) is 3.12. The summed E-state index contributed by atoms with van der Waals surface area (Å²) in [6.45, 7) is 9.23. The molecule has 2 rings (SSSR count). The molecule has 1 aromatic rings. The topological polar surface area (TPSA) is 0 Å². The fraction of sp³-hybridized carbons (Fsp3) is 0.600. The molecule has 1 aliphatic rings. The van der Waals surface area contributed by atoms with Crippen molar-refractivity contribution in [3.05, 3.63) is 29.3 Å². The van der Waals surface area contributed by atoms with E-state index in [0.29, 0.717) is 11.8 Å². The molecule has 0 atom stereocenters. The second kappa shape index (κ2) is 4.88. The largest absolute Gasteiger partial charge is 0.0750 e. The fourth-order valence-electron chi connectivity index (χ4n) is 2.24. The molecule has 0 bridgehead atoms. The zero-order chi connectivity index (χ0) is 11.7. The molecule has 0 N–H and O–H groups in total. The first-order valence-corrected chi connectivity index (χ1v) is 8.19. The Balaban J connectivity index is 2.36. The van der Waals surface area contributed by atoms with E-state index in [0.717, 1.165) is 0 Å². The van der Waals surface area contributed by atoms with E-state index in [-0.39, 0.29) is 7.92 Å². The summed E-state index contributed by atoms with van der Waals surface area (Å²) in [7, 11) is 0.222. The highest BCUT2D eigenvalue weighted by Gasteiger charge is 2.22. The lowest BCUT2D eigenvalue weighted by atomic mass is 9.96. The Kier molecular flexibility index (Phi) is 3.70. The fourth-order valence-corrected chi connectivity index (χ4v) is 4.33. The van der Waals surface area contributed by atoms with E-state index in [2.05, 4.69) is 45.9 Å². The Morgan fingerprint density at radius 1 is 1.00 bits per heavy atom. The molecule has 1 aliphatic heterocycles. The molecule has 0 amide bonds. The third-order valence-electron chi connectivity index (χ3n) is 3.54. The van der Waals surface area contributed by atoms with Crippen LogP contribution in [0.15, 0.2) is 18.2 Å². The van der Waals surface area contributed by atoms with Gasteiger partial charge in [0.25, 0.3) is 0 Å². The molecule has 0 saturated carbocycles. The average molecular weight is 234 g/mol. The van der Waals surface area contributed by atoms with Crippen molar-refractivity contribution in [2.45, 2.75) is 46.0 Å². The Morgan fingerprint density at radius 2 is 1.69 bits per heavy atom. The molecule has 1 fully saturated rings. The van der Waals surface area contributed by atoms with Crippen molar-refractivity contribution in [1.29, 1.82) is 0 Å². The highest BCUT2D eigenvalue weighted by molar-refractivity contribution is 7.67. The van der Waals surface area contributed by atoms with Gasteiger partial charge in [-0.25, -0.2) is 0 Å². The van der Waals surface area contributed by atoms with Crippen LogP contribution >= 0.6 is 7.92 Å². The van der Waals surface area contributed by atoms with Gasteiger partial charge < -0.3 is 0 Å². The second-order valence-electron chi connectivity index (χ2n) is 5.47. The molecule has 1 heterocycles. The Labute approximate surface area is 101 Å². The maximum atomic E-state index is 2.46. The number of hydrogen-bond acceptors (Lipinski definition) is 0. The number of benzene rings is 1. The molecule has 1 saturated heterocycles. The summed E-state index contributed by atoms with van der Waals surface area (Å²) >= 11 is 0. The molecule has 0 nitrogen and oxygen atoms in total. The molecular formula is C15H23P. The number of rotatable bonds is 3. The van der Waals surface area contributed by atoms with E-state index < -0.39 is 0 Å². The average Bonchev–Trinajstić information content (AvgIpc) is 2.14. The molecule has 1 heteroatoms. The summed E-state index contributed by atoms with van der Waals surface area (Å²) in [6.07, 6.45) is 4.39. The minimum Gasteiger partial charge on any atom is -0.0750 e. The van der Waals surface area contributed by atoms with Gasteiger partial charge in [-0.2, -0.15) is 0 Å². The molecule has 0 unspecified atom stereocenters. The van der Waals surface area contributed by atoms with Gasteiger partial charge in [0.15, 0.2) is 0 Å². The first kappa shape index (κ1) is 12.1. The first-order valence-electron chi connectivity index (χ1n) is 6.48. The molecule has 0 aromatic heterocycles. The van der Waals surface area contributed by atoms with E-state index in [1.165, 1.54) is 24.3 Å². The van der Waals surface area contributed by atoms with Crippen LogP contribution in [0.5, 0.6) is 0 Å². The van der Waals surface area contributed by atoms with Gasteiger partial charge in [-0.15, -0.1) is 0 Å². The highest BCUT2D eigenvalue weighted by Crippen LogP contribution is 2.46. The summed E-state index contributed by atoms with van der Waals surface area (Å²) in [5, 5.41) is 1.70. The predicted octanol–water partition coefficient (Wildman–Crippen LogP) is 4.44. The maximum Gasteiger partial charge on any atom is -0.0206 e. The van der Waals surface area contributed by atoms with Gasteiger partial charge in [0.1, 0.15) is 0 Å². The minimum absolute atomic E-state index is 0.222. The second-order valence-corrected chi connectivity index (χ2v) is 7.92. The molecule has 0 radical (unpaired) electrons. The Morgan fingerprint density at radius 3 is 2.12 bits per heavy atom. The summed E-state index contributed by atoms with van der Waals surface area (Å²) in [4.78, 5) is 0. The predicted molar refractivity (Wildman–Crippen MR) is 75.5 cm³/mol. The van der Waals surface area contributed by atoms with Gasteiger partial charge in [0, 0.05) is 0 Å². The maximum absolute atomic E-state index is 2.46. The van der Waals surface area contributed by atoms with Crippen molar-refractivity contribution in [2.75, 3.05) is 12.3 Å². The van der Waals surface area contributed by atoms with E-state index in [1.54, 1.807) is 10.9 Å². The SMILES string of the molecule is CC(C)c1ccc(P2CCC2)c(C(C)C)c1. The zero-order valence-electron chi connectivity index (χ0n) is 11.0. The van der Waals surface area contributed by atoms with Crippen LogP contribution in [-0.2, 0) is 0 Å². The van der Waals surface area contributed by atoms with Crippen molar-refractivity contribution < 1.29 is 0 Å². The van der Waals surface area contributed by atoms with E-state index in [9.17, 15) is 0 Å². The third-order valence-corrected chi connectivity index (χ3v) is 6.34. The van der Waals surface area contributed by atoms with Gasteiger partial charge in [-0.05, 0) is 47.0 Å². The van der Waals surface area contributed by atoms with Crippen LogP contribution in [0.25, 0.3) is 0 Å². The molecule has 16 heavy (non-hydrogen) atoms. The van der Waals surface area contributed by atoms with Crippen molar-refractivity contribution in [3.63, 3.8) is 0 Å². The molecule has 0 aliphatic carbocycles. The van der Waals surface area contributed by atoms with Crippen molar-refractivity contribution in [1.82, 2.24) is 0 Å². The van der Waals surface area contributed by atoms with Gasteiger partial charge in [-0.3, -0.25) is 0 Å². The first-order chi connectivity index (χ1) is 7.59. The quantitative estimate of drug-likeness (QED) is 0.678. The van der Waals surface area contributed by atoms with Crippen LogP contribution in [0.4, 0.5) is 0 Å². The van der Waals surface area contributed by atoms with E-state index in [4.69, 9.17) is 0 Å². The van der Waals surface area contributed by atoms with Crippen molar-refractivity contribution in [3.8, 4) is 0 Å². The van der Waals surface area contributed by atoms with Gasteiger partial charge in [0.05, 0.1) is 0 Å². The van der Waals surface area contributed by atoms with Crippen LogP contribution < -0.4 is 5.30 Å². The lowest BCUT2D eigenvalue weighted by Crippen LogP contribution is -2.20. The van der Waals surface area contributed by atoms with Gasteiger partial charge >= 0.3 is 0 Å². The highest BCUT2D eigenvalue weighted by atomic mass is 31.1. The summed E-state index contributed by atoms with van der Waals surface area (Å²) in [5.74, 6) is 1.33. The van der Waals surface area contributed by atoms with Crippen LogP contribution in [0.2, 0.25) is 0 Å². The smallest absolute Gasteiger partial charge is 0.0206 e. The Bertz CT molecular complexity index is 362. The Hall–Kier alpha value is -0.350. The monoisotopic (exact) mass is 234 g/mol. The van der Waals surface area contributed by atoms with Crippen molar-refractivity contribution >= 4 is 13.2 Å². The molecule has 1 aromatic carbocycles. The van der Waals surface area contributed by atoms with Gasteiger partial charge in [-0.1, -0.05) is 53.8 Å². The summed E-state index contributed by atoms with van der Waals surface area (Å²) in [6, 6.07) is 7.24. The lowest BCUT2D eigenvalue weighted by molar-refractivity contribution is 0.838. The van der Waals surface area contributed by atoms with E-state index >= 15 is 0 Å². The van der Waals surface area contributed by atoms with Crippen LogP contribution in [0, 0.1) is 0 Å². The molecule has 0 spiro atoms. The third kappa shape index (κ3) is 2.33. The van der Waals surface area contributed by atoms with E-state index in [1.807, 2.05) is 0 Å². The molecular weight excluding hydrogens is 211 g/mol. The zero-order valence-corrected chi connectivity index (χ0v) is 11.8. The lowest BCUT2D eigenvalue weighted by Gasteiger charge is -2.30. The number of hydrogen-bond donors (Lipinski definition) is 0. The van der Waals surface area contributed by atoms with Crippen molar-refractivity contribution in [2.24, 2.45) is 0 Å². The standard InChI is InChI=1S/C15H23P/c1-11(2)13-6-7-15(16-8-5-9-16)14(10-13)12(3)4/h6-7,10-12H,5,8-9H2,1-4H3. The van der Waals surface area contributed by atoms with Crippen LogP contribution in [0.3, 0.4) is 0 Å². The van der Waals surface area contributed by atoms with Gasteiger partial charge in [0.2, 0.25) is 0 Å². The minimum atomic E-state index is 0.222. The summed E-state index contributed by atoms with van der Waals surface area (Å²) < 4.78 is 0. The normalized spacial score (nSPS) is 16.9. The molecule has 88 valence electrons.